The summed E-state index contributed by atoms with van der Waals surface area (Å²) in [6, 6.07) is 9.68. The predicted molar refractivity (Wildman–Crippen MR) is 79.4 cm³/mol. The lowest BCUT2D eigenvalue weighted by Crippen LogP contribution is -2.37. The van der Waals surface area contributed by atoms with Crippen LogP contribution in [0.2, 0.25) is 0 Å². The molecular weight excluding hydrogens is 220 g/mol. The highest BCUT2D eigenvalue weighted by Crippen LogP contribution is 2.23. The summed E-state index contributed by atoms with van der Waals surface area (Å²) < 4.78 is 0. The summed E-state index contributed by atoms with van der Waals surface area (Å²) in [7, 11) is 0. The van der Waals surface area contributed by atoms with Crippen molar-refractivity contribution in [3.05, 3.63) is 29.8 Å². The van der Waals surface area contributed by atoms with E-state index in [1.807, 2.05) is 0 Å². The molecule has 1 fully saturated rings. The quantitative estimate of drug-likeness (QED) is 0.862. The highest BCUT2D eigenvalue weighted by Gasteiger charge is 2.20. The Morgan fingerprint density at radius 3 is 2.39 bits per heavy atom. The van der Waals surface area contributed by atoms with Gasteiger partial charge in [-0.15, -0.1) is 0 Å². The number of hydrogen-bond donors (Lipinski definition) is 1. The minimum Gasteiger partial charge on any atom is -0.367 e. The van der Waals surface area contributed by atoms with Crippen molar-refractivity contribution in [1.29, 1.82) is 0 Å². The Kier molecular flexibility index (Phi) is 4.28. The smallest absolute Gasteiger partial charge is 0.0386 e. The van der Waals surface area contributed by atoms with Gasteiger partial charge in [0.15, 0.2) is 0 Å². The minimum atomic E-state index is 0.569. The number of hydrogen-bond acceptors (Lipinski definition) is 2. The van der Waals surface area contributed by atoms with Crippen LogP contribution >= 0.6 is 0 Å². The lowest BCUT2D eigenvalue weighted by atomic mass is 10.0. The van der Waals surface area contributed by atoms with Crippen LogP contribution in [0.25, 0.3) is 0 Å². The normalized spacial score (nSPS) is 25.3. The molecule has 1 saturated heterocycles. The van der Waals surface area contributed by atoms with Crippen molar-refractivity contribution in [2.45, 2.75) is 39.7 Å². The molecule has 0 radical (unpaired) electrons. The first-order valence-corrected chi connectivity index (χ1v) is 7.15. The van der Waals surface area contributed by atoms with Crippen LogP contribution in [0.3, 0.4) is 0 Å². The van der Waals surface area contributed by atoms with E-state index in [9.17, 15) is 0 Å². The molecule has 1 aromatic carbocycles. The molecule has 0 bridgehead atoms. The summed E-state index contributed by atoms with van der Waals surface area (Å²) in [6.45, 7) is 12.5. The Morgan fingerprint density at radius 1 is 1.11 bits per heavy atom. The molecule has 0 spiro atoms. The second-order valence-corrected chi connectivity index (χ2v) is 6.01. The average Bonchev–Trinajstić information content (AvgIpc) is 2.51. The Balaban J connectivity index is 2.17. The molecule has 0 saturated carbocycles. The third-order valence-corrected chi connectivity index (χ3v) is 3.86. The van der Waals surface area contributed by atoms with Gasteiger partial charge in [0.05, 0.1) is 0 Å². The van der Waals surface area contributed by atoms with E-state index in [1.54, 1.807) is 0 Å². The monoisotopic (exact) mass is 246 g/mol. The first-order valence-electron chi connectivity index (χ1n) is 7.15. The van der Waals surface area contributed by atoms with Gasteiger partial charge in [0.1, 0.15) is 0 Å². The van der Waals surface area contributed by atoms with Crippen LogP contribution in [0.5, 0.6) is 0 Å². The van der Waals surface area contributed by atoms with E-state index in [1.165, 1.54) is 11.3 Å². The van der Waals surface area contributed by atoms with Crippen LogP contribution in [0, 0.1) is 5.92 Å². The van der Waals surface area contributed by atoms with Gasteiger partial charge in [0.2, 0.25) is 0 Å². The molecule has 2 nitrogen and oxygen atoms in total. The Bertz CT molecular complexity index is 369. The maximum absolute atomic E-state index is 3.53. The molecule has 2 rings (SSSR count). The first kappa shape index (κ1) is 13.4. The molecule has 2 heteroatoms. The van der Waals surface area contributed by atoms with E-state index in [0.29, 0.717) is 17.9 Å². The van der Waals surface area contributed by atoms with Crippen molar-refractivity contribution >= 4 is 5.69 Å². The second-order valence-electron chi connectivity index (χ2n) is 6.01. The Labute approximate surface area is 111 Å². The van der Waals surface area contributed by atoms with Crippen LogP contribution in [0.4, 0.5) is 5.69 Å². The van der Waals surface area contributed by atoms with Crippen LogP contribution in [-0.2, 0) is 0 Å². The Morgan fingerprint density at radius 2 is 1.78 bits per heavy atom. The third kappa shape index (κ3) is 3.05. The fourth-order valence-electron chi connectivity index (χ4n) is 2.64. The van der Waals surface area contributed by atoms with E-state index < -0.39 is 0 Å². The highest BCUT2D eigenvalue weighted by molar-refractivity contribution is 5.49. The lowest BCUT2D eigenvalue weighted by molar-refractivity contribution is 0.564. The molecule has 0 aliphatic carbocycles. The van der Waals surface area contributed by atoms with E-state index >= 15 is 0 Å². The van der Waals surface area contributed by atoms with Gasteiger partial charge in [-0.1, -0.05) is 32.9 Å². The van der Waals surface area contributed by atoms with E-state index in [0.717, 1.165) is 19.6 Å². The molecule has 2 atom stereocenters. The fourth-order valence-corrected chi connectivity index (χ4v) is 2.64. The van der Waals surface area contributed by atoms with Gasteiger partial charge in [-0.2, -0.15) is 0 Å². The van der Waals surface area contributed by atoms with Gasteiger partial charge in [-0.05, 0) is 43.0 Å². The first-order chi connectivity index (χ1) is 8.58. The molecule has 1 heterocycles. The van der Waals surface area contributed by atoms with Crippen molar-refractivity contribution in [1.82, 2.24) is 5.32 Å². The summed E-state index contributed by atoms with van der Waals surface area (Å²) >= 11 is 0. The van der Waals surface area contributed by atoms with Gasteiger partial charge in [-0.25, -0.2) is 0 Å². The summed E-state index contributed by atoms with van der Waals surface area (Å²) in [5.41, 5.74) is 2.79. The van der Waals surface area contributed by atoms with Crippen LogP contribution in [0.1, 0.15) is 39.2 Å². The van der Waals surface area contributed by atoms with E-state index in [-0.39, 0.29) is 0 Å². The summed E-state index contributed by atoms with van der Waals surface area (Å²) in [5, 5.41) is 3.53. The summed E-state index contributed by atoms with van der Waals surface area (Å²) in [5.74, 6) is 1.32. The van der Waals surface area contributed by atoms with Crippen molar-refractivity contribution in [2.24, 2.45) is 5.92 Å². The zero-order chi connectivity index (χ0) is 13.1. The van der Waals surface area contributed by atoms with Crippen molar-refractivity contribution < 1.29 is 0 Å². The molecule has 0 aromatic heterocycles. The van der Waals surface area contributed by atoms with Gasteiger partial charge >= 0.3 is 0 Å². The molecule has 1 aliphatic heterocycles. The maximum Gasteiger partial charge on any atom is 0.0386 e. The maximum atomic E-state index is 3.53. The largest absolute Gasteiger partial charge is 0.367 e. The van der Waals surface area contributed by atoms with Crippen molar-refractivity contribution in [2.75, 3.05) is 24.5 Å². The van der Waals surface area contributed by atoms with Crippen LogP contribution in [0.15, 0.2) is 24.3 Å². The van der Waals surface area contributed by atoms with Crippen LogP contribution in [-0.4, -0.2) is 25.7 Å². The summed E-state index contributed by atoms with van der Waals surface area (Å²) in [4.78, 5) is 2.54. The number of benzene rings is 1. The average molecular weight is 246 g/mol. The Hall–Kier alpha value is -1.02. The third-order valence-electron chi connectivity index (χ3n) is 3.86. The minimum absolute atomic E-state index is 0.569. The zero-order valence-electron chi connectivity index (χ0n) is 12.1. The molecule has 1 aromatic rings. The van der Waals surface area contributed by atoms with Gasteiger partial charge in [0, 0.05) is 24.8 Å². The van der Waals surface area contributed by atoms with Gasteiger partial charge < -0.3 is 10.2 Å². The molecular formula is C16H26N2. The fraction of sp³-hybridized carbons (Fsp3) is 0.625. The highest BCUT2D eigenvalue weighted by atomic mass is 15.2. The zero-order valence-corrected chi connectivity index (χ0v) is 12.1. The van der Waals surface area contributed by atoms with Crippen molar-refractivity contribution in [3.63, 3.8) is 0 Å². The standard InChI is InChI=1S/C16H26N2/c1-12(2)15-5-7-16(8-6-15)18-11-13(3)9-17-10-14(18)4/h5-8,12-14,17H,9-11H2,1-4H3. The number of rotatable bonds is 2. The molecule has 100 valence electrons. The van der Waals surface area contributed by atoms with Gasteiger partial charge in [-0.3, -0.25) is 0 Å². The van der Waals surface area contributed by atoms with E-state index in [2.05, 4.69) is 62.2 Å². The van der Waals surface area contributed by atoms with E-state index in [4.69, 9.17) is 0 Å². The lowest BCUT2D eigenvalue weighted by Gasteiger charge is -2.30. The topological polar surface area (TPSA) is 15.3 Å². The molecule has 1 aliphatic rings. The molecule has 18 heavy (non-hydrogen) atoms. The number of nitrogens with zero attached hydrogens (tertiary/aromatic N) is 1. The predicted octanol–water partition coefficient (Wildman–Crippen LogP) is 3.24. The molecule has 0 amide bonds. The van der Waals surface area contributed by atoms with Crippen molar-refractivity contribution in [3.8, 4) is 0 Å². The second kappa shape index (κ2) is 5.75. The number of anilines is 1. The number of nitrogens with one attached hydrogen (secondary N) is 1. The van der Waals surface area contributed by atoms with Gasteiger partial charge in [0.25, 0.3) is 0 Å². The summed E-state index contributed by atoms with van der Waals surface area (Å²) in [6.07, 6.45) is 0. The molecule has 1 N–H and O–H groups in total. The van der Waals surface area contributed by atoms with Crippen LogP contribution < -0.4 is 10.2 Å². The SMILES string of the molecule is CC1CNCC(C)N(c2ccc(C(C)C)cc2)C1. The molecule has 2 unspecified atom stereocenters.